The highest BCUT2D eigenvalue weighted by Gasteiger charge is 2.14. The second kappa shape index (κ2) is 8.57. The third kappa shape index (κ3) is 5.12. The number of nitrogens with zero attached hydrogens (tertiary/aromatic N) is 2. The molecule has 0 aliphatic heterocycles. The largest absolute Gasteiger partial charge is 0.469 e. The summed E-state index contributed by atoms with van der Waals surface area (Å²) in [6.45, 7) is 1.26. The van der Waals surface area contributed by atoms with E-state index < -0.39 is 11.9 Å². The lowest BCUT2D eigenvalue weighted by atomic mass is 10.3. The standard InChI is InChI=1S/C20H17N3O4/c1-14-18(11-12-26-14)20(25)27-13-19(24)21-15-7-9-17(10-8-15)23-22-16-5-3-2-4-6-16/h2-12H,13H2,1H3,(H,21,24). The van der Waals surface area contributed by atoms with Crippen LogP contribution >= 0.6 is 0 Å². The van der Waals surface area contributed by atoms with Crippen LogP contribution in [0.5, 0.6) is 0 Å². The molecule has 0 aliphatic carbocycles. The summed E-state index contributed by atoms with van der Waals surface area (Å²) >= 11 is 0. The van der Waals surface area contributed by atoms with Crippen molar-refractivity contribution < 1.29 is 18.7 Å². The molecule has 27 heavy (non-hydrogen) atoms. The van der Waals surface area contributed by atoms with Crippen molar-refractivity contribution in [2.24, 2.45) is 10.2 Å². The number of anilines is 1. The molecule has 0 unspecified atom stereocenters. The van der Waals surface area contributed by atoms with E-state index in [4.69, 9.17) is 9.15 Å². The maximum atomic E-state index is 11.9. The van der Waals surface area contributed by atoms with Crippen molar-refractivity contribution in [1.29, 1.82) is 0 Å². The van der Waals surface area contributed by atoms with Gasteiger partial charge in [0.2, 0.25) is 0 Å². The van der Waals surface area contributed by atoms with Gasteiger partial charge in [0.15, 0.2) is 6.61 Å². The van der Waals surface area contributed by atoms with E-state index >= 15 is 0 Å². The molecule has 2 aromatic carbocycles. The van der Waals surface area contributed by atoms with E-state index in [0.717, 1.165) is 5.69 Å². The van der Waals surface area contributed by atoms with Crippen LogP contribution in [0.2, 0.25) is 0 Å². The Kier molecular flexibility index (Phi) is 5.73. The minimum Gasteiger partial charge on any atom is -0.469 e. The number of carbonyl (C=O) groups is 2. The van der Waals surface area contributed by atoms with Crippen molar-refractivity contribution in [2.45, 2.75) is 6.92 Å². The number of ether oxygens (including phenoxy) is 1. The van der Waals surface area contributed by atoms with Crippen LogP contribution in [0.15, 0.2) is 81.6 Å². The molecule has 3 rings (SSSR count). The quantitative estimate of drug-likeness (QED) is 0.503. The highest BCUT2D eigenvalue weighted by molar-refractivity contribution is 5.95. The lowest BCUT2D eigenvalue weighted by molar-refractivity contribution is -0.119. The fourth-order valence-corrected chi connectivity index (χ4v) is 2.22. The summed E-state index contributed by atoms with van der Waals surface area (Å²) < 4.78 is 10.00. The maximum Gasteiger partial charge on any atom is 0.342 e. The van der Waals surface area contributed by atoms with Crippen molar-refractivity contribution in [1.82, 2.24) is 0 Å². The zero-order valence-electron chi connectivity index (χ0n) is 14.6. The fraction of sp³-hybridized carbons (Fsp3) is 0.100. The molecule has 0 saturated heterocycles. The second-order valence-corrected chi connectivity index (χ2v) is 5.60. The van der Waals surface area contributed by atoms with Crippen molar-refractivity contribution >= 4 is 28.9 Å². The van der Waals surface area contributed by atoms with Gasteiger partial charge in [-0.2, -0.15) is 10.2 Å². The summed E-state index contributed by atoms with van der Waals surface area (Å²) in [6.07, 6.45) is 1.39. The number of aryl methyl sites for hydroxylation is 1. The SMILES string of the molecule is Cc1occc1C(=O)OCC(=O)Nc1ccc(N=Nc2ccccc2)cc1. The van der Waals surface area contributed by atoms with Crippen LogP contribution in [0, 0.1) is 6.92 Å². The van der Waals surface area contributed by atoms with Gasteiger partial charge in [-0.3, -0.25) is 4.79 Å². The Morgan fingerprint density at radius 1 is 0.963 bits per heavy atom. The number of benzene rings is 2. The molecule has 1 amide bonds. The van der Waals surface area contributed by atoms with E-state index in [0.29, 0.717) is 22.7 Å². The summed E-state index contributed by atoms with van der Waals surface area (Å²) in [6, 6.07) is 17.7. The van der Waals surface area contributed by atoms with Crippen molar-refractivity contribution in [3.63, 3.8) is 0 Å². The summed E-state index contributed by atoms with van der Waals surface area (Å²) in [5.41, 5.74) is 2.27. The number of hydrogen-bond donors (Lipinski definition) is 1. The first-order chi connectivity index (χ1) is 13.1. The Morgan fingerprint density at radius 3 is 2.26 bits per heavy atom. The average Bonchev–Trinajstić information content (AvgIpc) is 3.12. The highest BCUT2D eigenvalue weighted by Crippen LogP contribution is 2.20. The van der Waals surface area contributed by atoms with E-state index in [1.54, 1.807) is 31.2 Å². The number of rotatable bonds is 6. The van der Waals surface area contributed by atoms with Gasteiger partial charge in [-0.05, 0) is 49.4 Å². The van der Waals surface area contributed by atoms with Gasteiger partial charge >= 0.3 is 5.97 Å². The van der Waals surface area contributed by atoms with Crippen LogP contribution < -0.4 is 5.32 Å². The first-order valence-corrected chi connectivity index (χ1v) is 8.20. The van der Waals surface area contributed by atoms with Crippen LogP contribution in [0.25, 0.3) is 0 Å². The average molecular weight is 363 g/mol. The Balaban J connectivity index is 1.50. The molecular formula is C20H17N3O4. The number of esters is 1. The molecule has 136 valence electrons. The number of carbonyl (C=O) groups excluding carboxylic acids is 2. The van der Waals surface area contributed by atoms with Crippen LogP contribution in [0.4, 0.5) is 17.1 Å². The second-order valence-electron chi connectivity index (χ2n) is 5.60. The van der Waals surface area contributed by atoms with Crippen molar-refractivity contribution in [3.8, 4) is 0 Å². The van der Waals surface area contributed by atoms with E-state index in [1.807, 2.05) is 30.3 Å². The summed E-state index contributed by atoms with van der Waals surface area (Å²) in [5, 5.41) is 10.9. The molecule has 1 heterocycles. The normalized spacial score (nSPS) is 10.7. The predicted molar refractivity (Wildman–Crippen MR) is 99.4 cm³/mol. The summed E-state index contributed by atoms with van der Waals surface area (Å²) in [5.74, 6) is -0.600. The topological polar surface area (TPSA) is 93.3 Å². The molecule has 0 aliphatic rings. The lowest BCUT2D eigenvalue weighted by Gasteiger charge is -2.06. The molecule has 1 N–H and O–H groups in total. The molecule has 7 heteroatoms. The highest BCUT2D eigenvalue weighted by atomic mass is 16.5. The zero-order valence-corrected chi connectivity index (χ0v) is 14.6. The van der Waals surface area contributed by atoms with Gasteiger partial charge < -0.3 is 14.5 Å². The first-order valence-electron chi connectivity index (χ1n) is 8.20. The zero-order chi connectivity index (χ0) is 19.1. The van der Waals surface area contributed by atoms with Crippen molar-refractivity contribution in [2.75, 3.05) is 11.9 Å². The Labute approximate surface area is 155 Å². The number of amides is 1. The van der Waals surface area contributed by atoms with E-state index in [9.17, 15) is 9.59 Å². The molecule has 7 nitrogen and oxygen atoms in total. The van der Waals surface area contributed by atoms with Gasteiger partial charge in [0.25, 0.3) is 5.91 Å². The van der Waals surface area contributed by atoms with E-state index in [2.05, 4.69) is 15.5 Å². The van der Waals surface area contributed by atoms with Crippen LogP contribution in [-0.4, -0.2) is 18.5 Å². The van der Waals surface area contributed by atoms with Gasteiger partial charge in [0.05, 0.1) is 17.6 Å². The van der Waals surface area contributed by atoms with Gasteiger partial charge in [0, 0.05) is 5.69 Å². The minimum absolute atomic E-state index is 0.302. The van der Waals surface area contributed by atoms with Gasteiger partial charge in [-0.1, -0.05) is 18.2 Å². The molecule has 0 saturated carbocycles. The third-order valence-corrected chi connectivity index (χ3v) is 3.60. The molecule has 0 atom stereocenters. The summed E-state index contributed by atoms with van der Waals surface area (Å²) in [7, 11) is 0. The molecule has 3 aromatic rings. The van der Waals surface area contributed by atoms with Crippen LogP contribution in [0.3, 0.4) is 0 Å². The van der Waals surface area contributed by atoms with Crippen LogP contribution in [0.1, 0.15) is 16.1 Å². The molecule has 0 bridgehead atoms. The minimum atomic E-state index is -0.604. The van der Waals surface area contributed by atoms with Crippen LogP contribution in [-0.2, 0) is 9.53 Å². The first kappa shape index (κ1) is 18.1. The Hall–Kier alpha value is -3.74. The monoisotopic (exact) mass is 363 g/mol. The smallest absolute Gasteiger partial charge is 0.342 e. The Morgan fingerprint density at radius 2 is 1.63 bits per heavy atom. The molecule has 1 aromatic heterocycles. The van der Waals surface area contributed by atoms with E-state index in [-0.39, 0.29) is 6.61 Å². The van der Waals surface area contributed by atoms with Gasteiger partial charge in [0.1, 0.15) is 11.3 Å². The maximum absolute atomic E-state index is 11.9. The predicted octanol–water partition coefficient (Wildman–Crippen LogP) is 4.80. The molecule has 0 fully saturated rings. The number of azo groups is 1. The fourth-order valence-electron chi connectivity index (χ4n) is 2.22. The van der Waals surface area contributed by atoms with Crippen molar-refractivity contribution in [3.05, 3.63) is 78.3 Å². The molecule has 0 spiro atoms. The third-order valence-electron chi connectivity index (χ3n) is 3.60. The number of furan rings is 1. The summed E-state index contributed by atoms with van der Waals surface area (Å²) in [4.78, 5) is 23.7. The number of hydrogen-bond acceptors (Lipinski definition) is 6. The Bertz CT molecular complexity index is 947. The van der Waals surface area contributed by atoms with Gasteiger partial charge in [-0.25, -0.2) is 4.79 Å². The van der Waals surface area contributed by atoms with E-state index in [1.165, 1.54) is 12.3 Å². The number of nitrogens with one attached hydrogen (secondary N) is 1. The van der Waals surface area contributed by atoms with Gasteiger partial charge in [-0.15, -0.1) is 0 Å². The lowest BCUT2D eigenvalue weighted by Crippen LogP contribution is -2.20. The molecular weight excluding hydrogens is 346 g/mol. The molecule has 0 radical (unpaired) electrons.